The molecule has 6 nitrogen and oxygen atoms in total. The fraction of sp³-hybridized carbons (Fsp3) is 0.562. The van der Waals surface area contributed by atoms with Gasteiger partial charge in [0.1, 0.15) is 6.10 Å². The fourth-order valence-electron chi connectivity index (χ4n) is 6.95. The Labute approximate surface area is 227 Å². The average molecular weight is 519 g/mol. The van der Waals surface area contributed by atoms with Crippen molar-refractivity contribution in [3.8, 4) is 11.5 Å². The molecule has 1 spiro atoms. The Bertz CT molecular complexity index is 1110. The summed E-state index contributed by atoms with van der Waals surface area (Å²) in [6.07, 6.45) is 10.3. The third kappa shape index (κ3) is 5.24. The summed E-state index contributed by atoms with van der Waals surface area (Å²) in [4.78, 5) is 5.14. The Balaban J connectivity index is 0.981. The van der Waals surface area contributed by atoms with Crippen LogP contribution in [0.5, 0.6) is 11.5 Å². The molecule has 4 aliphatic rings. The zero-order valence-electron chi connectivity index (χ0n) is 22.7. The van der Waals surface area contributed by atoms with Crippen LogP contribution >= 0.6 is 0 Å². The summed E-state index contributed by atoms with van der Waals surface area (Å²) >= 11 is 0. The maximum Gasteiger partial charge on any atom is 0.166 e. The number of methoxy groups -OCH3 is 1. The number of likely N-dealkylation sites (tertiary alicyclic amines) is 1. The fourth-order valence-corrected chi connectivity index (χ4v) is 6.95. The average Bonchev–Trinajstić information content (AvgIpc) is 3.18. The van der Waals surface area contributed by atoms with E-state index in [-0.39, 0.29) is 11.5 Å². The highest BCUT2D eigenvalue weighted by atomic mass is 16.5. The molecule has 1 N–H and O–H groups in total. The minimum atomic E-state index is -0.440. The monoisotopic (exact) mass is 518 g/mol. The molecule has 1 fully saturated rings. The molecule has 3 heterocycles. The lowest BCUT2D eigenvalue weighted by atomic mass is 9.69. The van der Waals surface area contributed by atoms with E-state index in [4.69, 9.17) is 14.2 Å². The summed E-state index contributed by atoms with van der Waals surface area (Å²) in [5.41, 5.74) is 3.86. The van der Waals surface area contributed by atoms with Gasteiger partial charge in [-0.05, 0) is 62.4 Å². The molecule has 0 radical (unpaired) electrons. The molecule has 1 saturated heterocycles. The number of aliphatic hydroxyl groups excluding tert-OH is 1. The van der Waals surface area contributed by atoms with Crippen LogP contribution in [0.25, 0.3) is 0 Å². The van der Waals surface area contributed by atoms with Gasteiger partial charge in [-0.2, -0.15) is 0 Å². The van der Waals surface area contributed by atoms with Crippen LogP contribution in [0.15, 0.2) is 54.6 Å². The van der Waals surface area contributed by atoms with Crippen LogP contribution < -0.4 is 9.47 Å². The van der Waals surface area contributed by atoms with Crippen LogP contribution in [-0.2, 0) is 23.2 Å². The van der Waals surface area contributed by atoms with Crippen LogP contribution in [0.3, 0.4) is 0 Å². The van der Waals surface area contributed by atoms with Gasteiger partial charge in [0.05, 0.1) is 24.7 Å². The zero-order valence-corrected chi connectivity index (χ0v) is 22.7. The number of rotatable bonds is 9. The lowest BCUT2D eigenvalue weighted by Gasteiger charge is -2.36. The van der Waals surface area contributed by atoms with E-state index in [1.54, 1.807) is 7.11 Å². The smallest absolute Gasteiger partial charge is 0.166 e. The Morgan fingerprint density at radius 1 is 1.03 bits per heavy atom. The van der Waals surface area contributed by atoms with E-state index in [1.165, 1.54) is 16.7 Å². The number of hydrogen-bond acceptors (Lipinski definition) is 6. The molecule has 2 aromatic carbocycles. The highest BCUT2D eigenvalue weighted by molar-refractivity contribution is 5.61. The Morgan fingerprint density at radius 3 is 2.68 bits per heavy atom. The number of nitrogens with zero attached hydrogens (tertiary/aromatic N) is 2. The number of aliphatic hydroxyl groups is 1. The molecule has 6 heteroatoms. The molecule has 3 aliphatic heterocycles. The van der Waals surface area contributed by atoms with Crippen molar-refractivity contribution in [2.45, 2.75) is 75.3 Å². The van der Waals surface area contributed by atoms with E-state index >= 15 is 0 Å². The van der Waals surface area contributed by atoms with E-state index in [1.807, 2.05) is 12.1 Å². The molecular weight excluding hydrogens is 476 g/mol. The van der Waals surface area contributed by atoms with Gasteiger partial charge < -0.3 is 19.3 Å². The zero-order chi connectivity index (χ0) is 26.0. The highest BCUT2D eigenvalue weighted by Crippen LogP contribution is 2.55. The summed E-state index contributed by atoms with van der Waals surface area (Å²) < 4.78 is 18.4. The summed E-state index contributed by atoms with van der Waals surface area (Å²) in [5.74, 6) is 1.69. The van der Waals surface area contributed by atoms with Gasteiger partial charge in [-0.3, -0.25) is 9.80 Å². The number of ether oxygens (including phenoxy) is 3. The molecule has 6 rings (SSSR count). The molecule has 0 saturated carbocycles. The quantitative estimate of drug-likeness (QED) is 0.384. The van der Waals surface area contributed by atoms with Gasteiger partial charge in [-0.15, -0.1) is 0 Å². The summed E-state index contributed by atoms with van der Waals surface area (Å²) in [6.45, 7) is 7.18. The third-order valence-corrected chi connectivity index (χ3v) is 9.04. The molecule has 204 valence electrons. The van der Waals surface area contributed by atoms with Crippen LogP contribution in [0.4, 0.5) is 0 Å². The van der Waals surface area contributed by atoms with Gasteiger partial charge in [0.25, 0.3) is 0 Å². The maximum atomic E-state index is 10.3. The molecule has 3 atom stereocenters. The Kier molecular flexibility index (Phi) is 7.75. The van der Waals surface area contributed by atoms with Crippen LogP contribution in [0, 0.1) is 0 Å². The Hall–Kier alpha value is -2.38. The van der Waals surface area contributed by atoms with Crippen molar-refractivity contribution in [3.63, 3.8) is 0 Å². The molecule has 2 aromatic rings. The van der Waals surface area contributed by atoms with E-state index in [9.17, 15) is 5.11 Å². The minimum Gasteiger partial charge on any atom is -0.493 e. The third-order valence-electron chi connectivity index (χ3n) is 9.04. The summed E-state index contributed by atoms with van der Waals surface area (Å²) in [7, 11) is 1.71. The molecule has 0 unspecified atom stereocenters. The second kappa shape index (κ2) is 11.4. The van der Waals surface area contributed by atoms with Crippen molar-refractivity contribution in [2.24, 2.45) is 0 Å². The van der Waals surface area contributed by atoms with Gasteiger partial charge in [-0.25, -0.2) is 0 Å². The molecule has 0 bridgehead atoms. The lowest BCUT2D eigenvalue weighted by Crippen LogP contribution is -2.43. The first-order valence-corrected chi connectivity index (χ1v) is 14.5. The topological polar surface area (TPSA) is 54.4 Å². The van der Waals surface area contributed by atoms with Crippen molar-refractivity contribution in [1.82, 2.24) is 9.80 Å². The maximum absolute atomic E-state index is 10.3. The number of piperidine rings is 1. The van der Waals surface area contributed by atoms with E-state index in [0.29, 0.717) is 12.5 Å². The molecule has 0 amide bonds. The van der Waals surface area contributed by atoms with Crippen LogP contribution in [-0.4, -0.2) is 73.1 Å². The first-order valence-electron chi connectivity index (χ1n) is 14.5. The molecule has 0 aromatic heterocycles. The highest BCUT2D eigenvalue weighted by Gasteiger charge is 2.52. The minimum absolute atomic E-state index is 0.0278. The van der Waals surface area contributed by atoms with Gasteiger partial charge in [0.2, 0.25) is 0 Å². The van der Waals surface area contributed by atoms with Crippen molar-refractivity contribution in [3.05, 3.63) is 71.3 Å². The standard InChI is InChI=1S/C32H42N2O4/c1-36-28-10-9-25-23-33(19-15-32-14-11-26(35)21-29(32)38-31(28)30(25)32)16-5-6-20-37-27-12-17-34(18-13-27)22-24-7-3-2-4-8-24/h2-4,7-11,14,26-27,29,35H,5-6,12-13,15-23H2,1H3/t26-,29-,32-/m0/s1. The largest absolute Gasteiger partial charge is 0.493 e. The van der Waals surface area contributed by atoms with Gasteiger partial charge >= 0.3 is 0 Å². The predicted octanol–water partition coefficient (Wildman–Crippen LogP) is 4.68. The normalized spacial score (nSPS) is 27.4. The van der Waals surface area contributed by atoms with E-state index < -0.39 is 6.10 Å². The number of hydrogen-bond donors (Lipinski definition) is 1. The molecular formula is C32H42N2O4. The van der Waals surface area contributed by atoms with Crippen molar-refractivity contribution >= 4 is 0 Å². The van der Waals surface area contributed by atoms with Crippen molar-refractivity contribution in [1.29, 1.82) is 0 Å². The summed E-state index contributed by atoms with van der Waals surface area (Å²) in [6, 6.07) is 15.0. The number of benzene rings is 2. The van der Waals surface area contributed by atoms with E-state index in [2.05, 4.69) is 52.3 Å². The Morgan fingerprint density at radius 2 is 1.87 bits per heavy atom. The van der Waals surface area contributed by atoms with Crippen molar-refractivity contribution in [2.75, 3.05) is 39.9 Å². The summed E-state index contributed by atoms with van der Waals surface area (Å²) in [5, 5.41) is 10.3. The molecule has 38 heavy (non-hydrogen) atoms. The number of unbranched alkanes of at least 4 members (excludes halogenated alkanes) is 1. The lowest BCUT2D eigenvalue weighted by molar-refractivity contribution is 0.00367. The second-order valence-corrected chi connectivity index (χ2v) is 11.5. The SMILES string of the molecule is COc1ccc2c3c1O[C@H]1C[C@@H](O)C=C[C@@]31CCN(CCCCOC1CCN(Cc3ccccc3)CC1)C2. The molecule has 1 aliphatic carbocycles. The van der Waals surface area contributed by atoms with Gasteiger partial charge in [-0.1, -0.05) is 48.6 Å². The van der Waals surface area contributed by atoms with Gasteiger partial charge in [0, 0.05) is 44.8 Å². The van der Waals surface area contributed by atoms with E-state index in [0.717, 1.165) is 89.5 Å². The van der Waals surface area contributed by atoms with Crippen LogP contribution in [0.2, 0.25) is 0 Å². The second-order valence-electron chi connectivity index (χ2n) is 11.5. The predicted molar refractivity (Wildman–Crippen MR) is 149 cm³/mol. The first-order chi connectivity index (χ1) is 18.6. The van der Waals surface area contributed by atoms with Crippen LogP contribution in [0.1, 0.15) is 55.2 Å². The van der Waals surface area contributed by atoms with Gasteiger partial charge in [0.15, 0.2) is 11.5 Å². The first kappa shape index (κ1) is 25.9. The van der Waals surface area contributed by atoms with Crippen molar-refractivity contribution < 1.29 is 19.3 Å².